The molecule has 26 heavy (non-hydrogen) atoms. The van der Waals surface area contributed by atoms with Crippen molar-refractivity contribution >= 4 is 23.2 Å². The van der Waals surface area contributed by atoms with Crippen molar-refractivity contribution < 1.29 is 19.1 Å². The molecule has 0 N–H and O–H groups in total. The molecule has 0 saturated heterocycles. The summed E-state index contributed by atoms with van der Waals surface area (Å²) in [6.07, 6.45) is 3.60. The van der Waals surface area contributed by atoms with Gasteiger partial charge in [0.25, 0.3) is 0 Å². The van der Waals surface area contributed by atoms with Gasteiger partial charge in [0.1, 0.15) is 0 Å². The van der Waals surface area contributed by atoms with Crippen LogP contribution in [-0.4, -0.2) is 26.2 Å². The van der Waals surface area contributed by atoms with E-state index in [9.17, 15) is 9.59 Å². The first-order valence-electron chi connectivity index (χ1n) is 8.14. The second kappa shape index (κ2) is 7.70. The lowest BCUT2D eigenvalue weighted by Crippen LogP contribution is -2.23. The maximum absolute atomic E-state index is 12.2. The van der Waals surface area contributed by atoms with Crippen molar-refractivity contribution in [2.45, 2.75) is 6.54 Å². The smallest absolute Gasteiger partial charge is 0.345 e. The fourth-order valence-electron chi connectivity index (χ4n) is 2.93. The Morgan fingerprint density at radius 1 is 0.885 bits per heavy atom. The number of carbonyl (C=O) groups excluding carboxylic acids is 2. The molecular weight excluding hydrogens is 330 g/mol. The Labute approximate surface area is 152 Å². The fourth-order valence-corrected chi connectivity index (χ4v) is 2.93. The number of hydrogen-bond donors (Lipinski definition) is 0. The number of esters is 2. The Kier molecular flexibility index (Phi) is 5.17. The second-order valence-corrected chi connectivity index (χ2v) is 5.72. The van der Waals surface area contributed by atoms with Crippen LogP contribution in [0.15, 0.2) is 72.4 Å². The molecule has 5 nitrogen and oxygen atoms in total. The topological polar surface area (TPSA) is 55.8 Å². The number of ether oxygens (including phenoxy) is 2. The molecule has 0 atom stereocenters. The Bertz CT molecular complexity index is 866. The van der Waals surface area contributed by atoms with Crippen LogP contribution in [0.3, 0.4) is 0 Å². The molecular formula is C21H19NO4. The normalized spacial score (nSPS) is 12.4. The van der Waals surface area contributed by atoms with Crippen molar-refractivity contribution in [1.82, 2.24) is 0 Å². The van der Waals surface area contributed by atoms with Crippen LogP contribution in [0.25, 0.3) is 5.57 Å². The third-order valence-corrected chi connectivity index (χ3v) is 4.17. The van der Waals surface area contributed by atoms with Gasteiger partial charge in [-0.3, -0.25) is 0 Å². The molecule has 0 radical (unpaired) electrons. The maximum atomic E-state index is 12.2. The second-order valence-electron chi connectivity index (χ2n) is 5.72. The molecule has 0 aliphatic carbocycles. The Hall–Kier alpha value is -3.34. The lowest BCUT2D eigenvalue weighted by molar-refractivity contribution is -0.143. The van der Waals surface area contributed by atoms with Gasteiger partial charge in [-0.25, -0.2) is 9.59 Å². The lowest BCUT2D eigenvalue weighted by Gasteiger charge is -2.28. The van der Waals surface area contributed by atoms with Crippen molar-refractivity contribution in [1.29, 1.82) is 0 Å². The number of carbonyl (C=O) groups is 2. The van der Waals surface area contributed by atoms with Gasteiger partial charge in [-0.05, 0) is 17.7 Å². The predicted molar refractivity (Wildman–Crippen MR) is 99.2 cm³/mol. The molecule has 2 aromatic carbocycles. The Morgan fingerprint density at radius 2 is 1.50 bits per heavy atom. The molecule has 132 valence electrons. The quantitative estimate of drug-likeness (QED) is 0.367. The van der Waals surface area contributed by atoms with E-state index in [1.54, 1.807) is 6.08 Å². The zero-order valence-electron chi connectivity index (χ0n) is 14.6. The summed E-state index contributed by atoms with van der Waals surface area (Å²) >= 11 is 0. The van der Waals surface area contributed by atoms with Gasteiger partial charge in [-0.2, -0.15) is 0 Å². The average molecular weight is 349 g/mol. The number of methoxy groups -OCH3 is 2. The minimum Gasteiger partial charge on any atom is -0.465 e. The van der Waals surface area contributed by atoms with Gasteiger partial charge in [0.15, 0.2) is 5.57 Å². The number of anilines is 1. The third kappa shape index (κ3) is 3.37. The van der Waals surface area contributed by atoms with E-state index in [1.165, 1.54) is 14.2 Å². The van der Waals surface area contributed by atoms with Crippen LogP contribution in [0.2, 0.25) is 0 Å². The summed E-state index contributed by atoms with van der Waals surface area (Å²) < 4.78 is 9.56. The van der Waals surface area contributed by atoms with Gasteiger partial charge < -0.3 is 14.4 Å². The SMILES string of the molecule is COC(=O)C(C(=O)OC)=C1C=CN(Cc2ccccc2)c2ccccc21. The summed E-state index contributed by atoms with van der Waals surface area (Å²) in [5.41, 5.74) is 3.21. The van der Waals surface area contributed by atoms with Gasteiger partial charge in [0.2, 0.25) is 0 Å². The molecule has 3 rings (SSSR count). The number of para-hydroxylation sites is 1. The van der Waals surface area contributed by atoms with Gasteiger partial charge in [0, 0.05) is 29.6 Å². The highest BCUT2D eigenvalue weighted by molar-refractivity contribution is 6.22. The summed E-state index contributed by atoms with van der Waals surface area (Å²) in [6.45, 7) is 0.674. The summed E-state index contributed by atoms with van der Waals surface area (Å²) in [7, 11) is 2.48. The molecule has 0 spiro atoms. The molecule has 1 aliphatic rings. The first kappa shape index (κ1) is 17.5. The minimum atomic E-state index is -0.720. The number of rotatable bonds is 4. The first-order valence-corrected chi connectivity index (χ1v) is 8.14. The van der Waals surface area contributed by atoms with E-state index in [1.807, 2.05) is 48.7 Å². The highest BCUT2D eigenvalue weighted by Gasteiger charge is 2.28. The largest absolute Gasteiger partial charge is 0.465 e. The van der Waals surface area contributed by atoms with E-state index < -0.39 is 11.9 Å². The predicted octanol–water partition coefficient (Wildman–Crippen LogP) is 3.32. The van der Waals surface area contributed by atoms with Crippen LogP contribution in [0, 0.1) is 0 Å². The van der Waals surface area contributed by atoms with E-state index in [4.69, 9.17) is 9.47 Å². The first-order chi connectivity index (χ1) is 12.7. The number of nitrogens with zero attached hydrogens (tertiary/aromatic N) is 1. The number of benzene rings is 2. The van der Waals surface area contributed by atoms with E-state index >= 15 is 0 Å². The van der Waals surface area contributed by atoms with E-state index in [0.29, 0.717) is 12.1 Å². The summed E-state index contributed by atoms with van der Waals surface area (Å²) in [5, 5.41) is 0. The maximum Gasteiger partial charge on any atom is 0.345 e. The van der Waals surface area contributed by atoms with Crippen LogP contribution >= 0.6 is 0 Å². The molecule has 1 heterocycles. The highest BCUT2D eigenvalue weighted by atomic mass is 16.5. The zero-order chi connectivity index (χ0) is 18.5. The van der Waals surface area contributed by atoms with E-state index in [2.05, 4.69) is 17.0 Å². The monoisotopic (exact) mass is 349 g/mol. The lowest BCUT2D eigenvalue weighted by atomic mass is 9.94. The highest BCUT2D eigenvalue weighted by Crippen LogP contribution is 2.36. The molecule has 5 heteroatoms. The van der Waals surface area contributed by atoms with Crippen molar-refractivity contribution in [3.05, 3.63) is 83.6 Å². The van der Waals surface area contributed by atoms with Gasteiger partial charge in [-0.15, -0.1) is 0 Å². The van der Waals surface area contributed by atoms with Crippen LogP contribution in [0.1, 0.15) is 11.1 Å². The Balaban J connectivity index is 2.09. The summed E-state index contributed by atoms with van der Waals surface area (Å²) in [4.78, 5) is 26.4. The Morgan fingerprint density at radius 3 is 2.15 bits per heavy atom. The number of fused-ring (bicyclic) bond motifs is 1. The molecule has 1 aliphatic heterocycles. The van der Waals surface area contributed by atoms with Gasteiger partial charge >= 0.3 is 11.9 Å². The van der Waals surface area contributed by atoms with Crippen LogP contribution in [0.5, 0.6) is 0 Å². The molecule has 0 fully saturated rings. The molecule has 0 saturated carbocycles. The van der Waals surface area contributed by atoms with E-state index in [-0.39, 0.29) is 5.57 Å². The van der Waals surface area contributed by atoms with Crippen molar-refractivity contribution in [2.24, 2.45) is 0 Å². The number of hydrogen-bond acceptors (Lipinski definition) is 5. The summed E-state index contributed by atoms with van der Waals surface area (Å²) in [6, 6.07) is 17.7. The van der Waals surface area contributed by atoms with Crippen molar-refractivity contribution in [2.75, 3.05) is 19.1 Å². The van der Waals surface area contributed by atoms with Crippen molar-refractivity contribution in [3.63, 3.8) is 0 Å². The third-order valence-electron chi connectivity index (χ3n) is 4.17. The van der Waals surface area contributed by atoms with Gasteiger partial charge in [0.05, 0.1) is 14.2 Å². The molecule has 0 aromatic heterocycles. The van der Waals surface area contributed by atoms with Crippen LogP contribution in [0.4, 0.5) is 5.69 Å². The standard InChI is InChI=1S/C21H19NO4/c1-25-20(23)19(21(24)26-2)17-12-13-22(14-15-8-4-3-5-9-15)18-11-7-6-10-16(17)18/h3-13H,14H2,1-2H3. The van der Waals surface area contributed by atoms with Crippen LogP contribution in [-0.2, 0) is 25.6 Å². The zero-order valence-corrected chi connectivity index (χ0v) is 14.6. The van der Waals surface area contributed by atoms with Gasteiger partial charge in [-0.1, -0.05) is 48.5 Å². The molecule has 0 amide bonds. The fraction of sp³-hybridized carbons (Fsp3) is 0.143. The van der Waals surface area contributed by atoms with E-state index in [0.717, 1.165) is 16.8 Å². The number of allylic oxidation sites excluding steroid dienone is 2. The molecule has 0 bridgehead atoms. The van der Waals surface area contributed by atoms with Crippen LogP contribution < -0.4 is 4.90 Å². The molecule has 2 aromatic rings. The molecule has 0 unspecified atom stereocenters. The van der Waals surface area contributed by atoms with Crippen molar-refractivity contribution in [3.8, 4) is 0 Å². The average Bonchev–Trinajstić information content (AvgIpc) is 2.70. The minimum absolute atomic E-state index is 0.113. The summed E-state index contributed by atoms with van der Waals surface area (Å²) in [5.74, 6) is -1.44.